The molecule has 0 bridgehead atoms. The molecule has 4 rings (SSSR count). The van der Waals surface area contributed by atoms with Crippen molar-refractivity contribution >= 4 is 6.29 Å². The quantitative estimate of drug-likeness (QED) is 0.537. The predicted molar refractivity (Wildman–Crippen MR) is 113 cm³/mol. The molecule has 6 nitrogen and oxygen atoms in total. The van der Waals surface area contributed by atoms with Gasteiger partial charge in [-0.05, 0) is 30.0 Å². The first-order valence-corrected chi connectivity index (χ1v) is 9.51. The summed E-state index contributed by atoms with van der Waals surface area (Å²) in [7, 11) is 0. The van der Waals surface area contributed by atoms with Gasteiger partial charge in [0.05, 0.1) is 5.69 Å². The van der Waals surface area contributed by atoms with Gasteiger partial charge in [0.2, 0.25) is 0 Å². The van der Waals surface area contributed by atoms with Crippen molar-refractivity contribution in [3.63, 3.8) is 0 Å². The Balaban J connectivity index is 1.47. The van der Waals surface area contributed by atoms with E-state index in [1.54, 1.807) is 25.6 Å². The van der Waals surface area contributed by atoms with Crippen LogP contribution in [-0.2, 0) is 17.6 Å². The zero-order chi connectivity index (χ0) is 20.9. The number of rotatable bonds is 6. The molecule has 0 unspecified atom stereocenters. The smallest absolute Gasteiger partial charge is 0.257 e. The summed E-state index contributed by atoms with van der Waals surface area (Å²) in [6, 6.07) is 18.5. The fourth-order valence-electron chi connectivity index (χ4n) is 3.16. The molecule has 0 aliphatic rings. The lowest BCUT2D eigenvalue weighted by Crippen LogP contribution is -2.04. The number of aromatic nitrogens is 4. The van der Waals surface area contributed by atoms with E-state index in [0.29, 0.717) is 23.8 Å². The van der Waals surface area contributed by atoms with Crippen LogP contribution in [0.3, 0.4) is 0 Å². The van der Waals surface area contributed by atoms with Crippen LogP contribution >= 0.6 is 0 Å². The second-order valence-electron chi connectivity index (χ2n) is 6.98. The summed E-state index contributed by atoms with van der Waals surface area (Å²) in [5, 5.41) is 9.74. The van der Waals surface area contributed by atoms with Crippen LogP contribution in [0.5, 0.6) is 5.75 Å². The average Bonchev–Trinajstić information content (AvgIpc) is 2.78. The van der Waals surface area contributed by atoms with Crippen LogP contribution in [0, 0.1) is 6.92 Å². The maximum atomic E-state index is 10.9. The lowest BCUT2D eigenvalue weighted by atomic mass is 10.0. The maximum absolute atomic E-state index is 10.9. The van der Waals surface area contributed by atoms with E-state index < -0.39 is 0 Å². The fourth-order valence-corrected chi connectivity index (χ4v) is 3.16. The van der Waals surface area contributed by atoms with E-state index in [1.165, 1.54) is 11.1 Å². The summed E-state index contributed by atoms with van der Waals surface area (Å²) in [4.78, 5) is 28.0. The summed E-state index contributed by atoms with van der Waals surface area (Å²) in [6.07, 6.45) is 6.30. The molecule has 0 amide bonds. The van der Waals surface area contributed by atoms with Gasteiger partial charge >= 0.3 is 0 Å². The number of hydrogen-bond acceptors (Lipinski definition) is 6. The van der Waals surface area contributed by atoms with Crippen LogP contribution < -0.4 is 0 Å². The van der Waals surface area contributed by atoms with Crippen molar-refractivity contribution < 1.29 is 9.90 Å². The average molecular weight is 395 g/mol. The Morgan fingerprint density at radius 3 is 2.17 bits per heavy atom. The third-order valence-corrected chi connectivity index (χ3v) is 4.73. The van der Waals surface area contributed by atoms with E-state index in [9.17, 15) is 9.90 Å². The van der Waals surface area contributed by atoms with Crippen molar-refractivity contribution in [2.45, 2.75) is 19.8 Å². The molecule has 1 N–H and O–H groups in total. The lowest BCUT2D eigenvalue weighted by Gasteiger charge is -2.06. The summed E-state index contributed by atoms with van der Waals surface area (Å²) >= 11 is 0. The van der Waals surface area contributed by atoms with E-state index in [-0.39, 0.29) is 11.4 Å². The molecule has 1 radical (unpaired) electrons. The highest BCUT2D eigenvalue weighted by Crippen LogP contribution is 2.19. The van der Waals surface area contributed by atoms with Crippen molar-refractivity contribution in [1.82, 2.24) is 19.9 Å². The largest absolute Gasteiger partial charge is 0.504 e. The first-order valence-electron chi connectivity index (χ1n) is 9.51. The van der Waals surface area contributed by atoms with Gasteiger partial charge in [0, 0.05) is 24.4 Å². The number of aromatic hydroxyl groups is 1. The number of nitrogens with zero attached hydrogens (tertiary/aromatic N) is 4. The van der Waals surface area contributed by atoms with Crippen molar-refractivity contribution in [2.24, 2.45) is 0 Å². The normalized spacial score (nSPS) is 10.7. The SMILES string of the molecule is Cc1nc(Cc2cnc(-c3ccc(Cc4ccccc4)cc3)nc2)nc([C]=O)c1O. The van der Waals surface area contributed by atoms with E-state index in [4.69, 9.17) is 0 Å². The standard InChI is InChI=1S/C24H19N4O2/c1-16-23(30)21(15-29)28-22(27-16)12-19-13-25-24(26-14-19)20-9-7-18(8-10-20)11-17-5-3-2-4-6-17/h2-10,13-14,30H,11-12H2,1H3. The highest BCUT2D eigenvalue weighted by atomic mass is 16.3. The lowest BCUT2D eigenvalue weighted by molar-refractivity contribution is 0.459. The summed E-state index contributed by atoms with van der Waals surface area (Å²) < 4.78 is 0. The molecule has 0 spiro atoms. The Kier molecular flexibility index (Phi) is 5.57. The fraction of sp³-hybridized carbons (Fsp3) is 0.125. The Morgan fingerprint density at radius 1 is 0.833 bits per heavy atom. The van der Waals surface area contributed by atoms with E-state index in [2.05, 4.69) is 44.2 Å². The van der Waals surface area contributed by atoms with Crippen LogP contribution in [-0.4, -0.2) is 31.3 Å². The Hall–Kier alpha value is -3.93. The third-order valence-electron chi connectivity index (χ3n) is 4.73. The van der Waals surface area contributed by atoms with Gasteiger partial charge in [-0.15, -0.1) is 0 Å². The van der Waals surface area contributed by atoms with Crippen LogP contribution in [0.1, 0.15) is 33.9 Å². The Morgan fingerprint density at radius 2 is 1.50 bits per heavy atom. The second-order valence-corrected chi connectivity index (χ2v) is 6.98. The number of benzene rings is 2. The van der Waals surface area contributed by atoms with Crippen molar-refractivity contribution in [1.29, 1.82) is 0 Å². The minimum absolute atomic E-state index is 0.134. The van der Waals surface area contributed by atoms with Gasteiger partial charge in [-0.25, -0.2) is 19.9 Å². The van der Waals surface area contributed by atoms with Gasteiger partial charge in [-0.2, -0.15) is 0 Å². The van der Waals surface area contributed by atoms with Crippen molar-refractivity contribution in [3.05, 3.63) is 101 Å². The number of hydrogen-bond donors (Lipinski definition) is 1. The molecular formula is C24H19N4O2. The van der Waals surface area contributed by atoms with Gasteiger partial charge in [0.25, 0.3) is 6.29 Å². The van der Waals surface area contributed by atoms with Crippen LogP contribution in [0.25, 0.3) is 11.4 Å². The van der Waals surface area contributed by atoms with Crippen molar-refractivity contribution in [2.75, 3.05) is 0 Å². The number of carbonyl (C=O) groups excluding carboxylic acids is 1. The van der Waals surface area contributed by atoms with Crippen LogP contribution in [0.15, 0.2) is 67.0 Å². The molecule has 0 aliphatic heterocycles. The molecule has 2 heterocycles. The van der Waals surface area contributed by atoms with E-state index >= 15 is 0 Å². The molecule has 0 aliphatic carbocycles. The van der Waals surface area contributed by atoms with Crippen molar-refractivity contribution in [3.8, 4) is 17.1 Å². The zero-order valence-electron chi connectivity index (χ0n) is 16.4. The maximum Gasteiger partial charge on any atom is 0.257 e. The molecule has 4 aromatic rings. The second kappa shape index (κ2) is 8.61. The molecule has 0 saturated carbocycles. The predicted octanol–water partition coefficient (Wildman–Crippen LogP) is 3.59. The first kappa shape index (κ1) is 19.4. The first-order chi connectivity index (χ1) is 14.6. The third kappa shape index (κ3) is 4.38. The van der Waals surface area contributed by atoms with Gasteiger partial charge in [0.15, 0.2) is 17.3 Å². The van der Waals surface area contributed by atoms with Gasteiger partial charge in [-0.3, -0.25) is 4.79 Å². The highest BCUT2D eigenvalue weighted by Gasteiger charge is 2.11. The number of aryl methyl sites for hydroxylation is 1. The van der Waals surface area contributed by atoms with Crippen LogP contribution in [0.2, 0.25) is 0 Å². The van der Waals surface area contributed by atoms with Crippen LogP contribution in [0.4, 0.5) is 0 Å². The Labute approximate surface area is 174 Å². The molecule has 30 heavy (non-hydrogen) atoms. The topological polar surface area (TPSA) is 88.9 Å². The highest BCUT2D eigenvalue weighted by molar-refractivity contribution is 5.76. The van der Waals surface area contributed by atoms with E-state index in [1.807, 2.05) is 30.3 Å². The molecule has 6 heteroatoms. The molecule has 0 saturated heterocycles. The molecule has 0 atom stereocenters. The minimum atomic E-state index is -0.240. The Bertz CT molecular complexity index is 1160. The summed E-state index contributed by atoms with van der Waals surface area (Å²) in [6.45, 7) is 1.61. The molecule has 0 fully saturated rings. The zero-order valence-corrected chi connectivity index (χ0v) is 16.4. The van der Waals surface area contributed by atoms with E-state index in [0.717, 1.165) is 17.5 Å². The van der Waals surface area contributed by atoms with Gasteiger partial charge in [-0.1, -0.05) is 54.6 Å². The minimum Gasteiger partial charge on any atom is -0.504 e. The van der Waals surface area contributed by atoms with Gasteiger partial charge in [0.1, 0.15) is 5.82 Å². The van der Waals surface area contributed by atoms with Gasteiger partial charge < -0.3 is 5.11 Å². The molecule has 2 aromatic heterocycles. The molecular weight excluding hydrogens is 376 g/mol. The summed E-state index contributed by atoms with van der Waals surface area (Å²) in [5.74, 6) is 0.802. The molecule has 2 aromatic carbocycles. The monoisotopic (exact) mass is 395 g/mol. The summed E-state index contributed by atoms with van der Waals surface area (Å²) in [5.41, 5.74) is 4.45. The molecule has 147 valence electrons.